The van der Waals surface area contributed by atoms with Gasteiger partial charge < -0.3 is 9.80 Å². The fourth-order valence-electron chi connectivity index (χ4n) is 2.27. The Kier molecular flexibility index (Phi) is 4.14. The van der Waals surface area contributed by atoms with E-state index in [9.17, 15) is 4.79 Å². The number of amidine groups is 1. The van der Waals surface area contributed by atoms with Crippen molar-refractivity contribution in [1.29, 1.82) is 5.26 Å². The van der Waals surface area contributed by atoms with Gasteiger partial charge >= 0.3 is 0 Å². The van der Waals surface area contributed by atoms with Crippen molar-refractivity contribution in [2.24, 2.45) is 4.99 Å². The second-order valence-electron chi connectivity index (χ2n) is 4.54. The molecule has 5 nitrogen and oxygen atoms in total. The summed E-state index contributed by atoms with van der Waals surface area (Å²) in [5.41, 5.74) is 0.927. The molecule has 2 rings (SSSR count). The highest BCUT2D eigenvalue weighted by atomic mass is 16.1. The molecule has 1 fully saturated rings. The third kappa shape index (κ3) is 2.91. The van der Waals surface area contributed by atoms with Gasteiger partial charge in [-0.15, -0.1) is 0 Å². The Morgan fingerprint density at radius 1 is 1.42 bits per heavy atom. The van der Waals surface area contributed by atoms with E-state index in [0.717, 1.165) is 12.0 Å². The predicted octanol–water partition coefficient (Wildman–Crippen LogP) is 1.08. The highest BCUT2D eigenvalue weighted by Gasteiger charge is 2.25. The maximum Gasteiger partial charge on any atom is 0.210 e. The molecule has 0 bridgehead atoms. The number of nitriles is 1. The minimum atomic E-state index is 0.124. The van der Waals surface area contributed by atoms with E-state index in [0.29, 0.717) is 25.5 Å². The Morgan fingerprint density at radius 2 is 2.16 bits per heavy atom. The summed E-state index contributed by atoms with van der Waals surface area (Å²) >= 11 is 0. The van der Waals surface area contributed by atoms with Crippen LogP contribution in [0.1, 0.15) is 12.5 Å². The number of piperazine rings is 1. The van der Waals surface area contributed by atoms with Gasteiger partial charge in [0.2, 0.25) is 12.6 Å². The summed E-state index contributed by atoms with van der Waals surface area (Å²) in [7, 11) is 0. The first kappa shape index (κ1) is 13.1. The lowest BCUT2D eigenvalue weighted by Crippen LogP contribution is -2.53. The summed E-state index contributed by atoms with van der Waals surface area (Å²) in [5.74, 6) is 0.681. The van der Waals surface area contributed by atoms with E-state index in [1.54, 1.807) is 4.90 Å². The largest absolute Gasteiger partial charge is 0.352 e. The van der Waals surface area contributed by atoms with Crippen LogP contribution in [0.3, 0.4) is 0 Å². The van der Waals surface area contributed by atoms with E-state index < -0.39 is 0 Å². The van der Waals surface area contributed by atoms with Gasteiger partial charge in [-0.3, -0.25) is 4.79 Å². The minimum absolute atomic E-state index is 0.124. The lowest BCUT2D eigenvalue weighted by Gasteiger charge is -2.39. The molecule has 0 N–H and O–H groups in total. The van der Waals surface area contributed by atoms with Gasteiger partial charge in [-0.2, -0.15) is 10.3 Å². The van der Waals surface area contributed by atoms with E-state index >= 15 is 0 Å². The van der Waals surface area contributed by atoms with Crippen LogP contribution >= 0.6 is 0 Å². The van der Waals surface area contributed by atoms with Gasteiger partial charge in [0.1, 0.15) is 5.84 Å². The standard InChI is InChI=1S/C14H16N4O/c1-12-9-17(7-8-18(12)11-19)14(16-10-15)13-5-3-2-4-6-13/h2-6,11-12H,7-9H2,1H3/b16-14+/t12-/m0/s1. The van der Waals surface area contributed by atoms with Gasteiger partial charge in [-0.25, -0.2) is 0 Å². The summed E-state index contributed by atoms with van der Waals surface area (Å²) in [6.07, 6.45) is 2.75. The second-order valence-corrected chi connectivity index (χ2v) is 4.54. The van der Waals surface area contributed by atoms with Crippen molar-refractivity contribution in [3.05, 3.63) is 35.9 Å². The van der Waals surface area contributed by atoms with Gasteiger partial charge in [0.05, 0.1) is 0 Å². The molecule has 0 radical (unpaired) electrons. The highest BCUT2D eigenvalue weighted by Crippen LogP contribution is 2.12. The summed E-state index contributed by atoms with van der Waals surface area (Å²) < 4.78 is 0. The number of aliphatic imine (C=N–C) groups is 1. The van der Waals surface area contributed by atoms with Crippen LogP contribution in [-0.2, 0) is 4.79 Å². The quantitative estimate of drug-likeness (QED) is 0.344. The van der Waals surface area contributed by atoms with Crippen molar-refractivity contribution < 1.29 is 4.79 Å². The number of carbonyl (C=O) groups is 1. The third-order valence-electron chi connectivity index (χ3n) is 3.30. The third-order valence-corrected chi connectivity index (χ3v) is 3.30. The molecule has 1 aliphatic heterocycles. The minimum Gasteiger partial charge on any atom is -0.352 e. The lowest BCUT2D eigenvalue weighted by atomic mass is 10.1. The number of carbonyl (C=O) groups excluding carboxylic acids is 1. The van der Waals surface area contributed by atoms with E-state index in [2.05, 4.69) is 9.89 Å². The highest BCUT2D eigenvalue weighted by molar-refractivity contribution is 5.99. The Balaban J connectivity index is 2.21. The fraction of sp³-hybridized carbons (Fsp3) is 0.357. The van der Waals surface area contributed by atoms with Crippen molar-refractivity contribution in [3.63, 3.8) is 0 Å². The van der Waals surface area contributed by atoms with Crippen LogP contribution in [0, 0.1) is 11.5 Å². The van der Waals surface area contributed by atoms with Crippen molar-refractivity contribution in [1.82, 2.24) is 9.80 Å². The summed E-state index contributed by atoms with van der Waals surface area (Å²) in [4.78, 5) is 18.6. The number of amides is 1. The van der Waals surface area contributed by atoms with E-state index in [4.69, 9.17) is 5.26 Å². The average Bonchev–Trinajstić information content (AvgIpc) is 2.45. The van der Waals surface area contributed by atoms with Crippen LogP contribution in [0.4, 0.5) is 0 Å². The molecule has 1 atom stereocenters. The zero-order valence-electron chi connectivity index (χ0n) is 10.9. The van der Waals surface area contributed by atoms with Gasteiger partial charge in [0, 0.05) is 31.2 Å². The Bertz CT molecular complexity index is 506. The molecule has 0 aliphatic carbocycles. The number of benzene rings is 1. The molecule has 0 saturated carbocycles. The smallest absolute Gasteiger partial charge is 0.210 e. The van der Waals surface area contributed by atoms with Crippen molar-refractivity contribution >= 4 is 12.2 Å². The van der Waals surface area contributed by atoms with Crippen LogP contribution < -0.4 is 0 Å². The van der Waals surface area contributed by atoms with Gasteiger partial charge in [-0.05, 0) is 6.92 Å². The summed E-state index contributed by atoms with van der Waals surface area (Å²) in [5, 5.41) is 8.86. The predicted molar refractivity (Wildman–Crippen MR) is 72.4 cm³/mol. The Hall–Kier alpha value is -2.35. The normalized spacial score (nSPS) is 20.0. The molecule has 0 unspecified atom stereocenters. The molecule has 1 amide bonds. The topological polar surface area (TPSA) is 59.7 Å². The molecular weight excluding hydrogens is 240 g/mol. The van der Waals surface area contributed by atoms with E-state index in [1.165, 1.54) is 0 Å². The molecule has 0 spiro atoms. The molecule has 1 aliphatic rings. The van der Waals surface area contributed by atoms with Gasteiger partial charge in [-0.1, -0.05) is 30.3 Å². The maximum absolute atomic E-state index is 10.9. The summed E-state index contributed by atoms with van der Waals surface area (Å²) in [6.45, 7) is 4.03. The maximum atomic E-state index is 10.9. The zero-order chi connectivity index (χ0) is 13.7. The molecule has 5 heteroatoms. The first-order valence-corrected chi connectivity index (χ1v) is 6.24. The molecule has 98 valence electrons. The van der Waals surface area contributed by atoms with Crippen LogP contribution in [0.2, 0.25) is 0 Å². The molecular formula is C14H16N4O. The summed E-state index contributed by atoms with van der Waals surface area (Å²) in [6, 6.07) is 9.78. The van der Waals surface area contributed by atoms with Crippen molar-refractivity contribution in [2.45, 2.75) is 13.0 Å². The van der Waals surface area contributed by atoms with E-state index in [-0.39, 0.29) is 6.04 Å². The van der Waals surface area contributed by atoms with Crippen LogP contribution in [0.25, 0.3) is 0 Å². The fourth-order valence-corrected chi connectivity index (χ4v) is 2.27. The lowest BCUT2D eigenvalue weighted by molar-refractivity contribution is -0.121. The molecule has 1 aromatic rings. The SMILES string of the molecule is C[C@H]1CN(/C(=N/C#N)c2ccccc2)CCN1C=O. The van der Waals surface area contributed by atoms with Crippen molar-refractivity contribution in [2.75, 3.05) is 19.6 Å². The van der Waals surface area contributed by atoms with Crippen LogP contribution in [0.15, 0.2) is 35.3 Å². The Labute approximate surface area is 112 Å². The van der Waals surface area contributed by atoms with Gasteiger partial charge in [0.15, 0.2) is 0 Å². The monoisotopic (exact) mass is 256 g/mol. The van der Waals surface area contributed by atoms with E-state index in [1.807, 2.05) is 43.4 Å². The number of rotatable bonds is 2. The van der Waals surface area contributed by atoms with Crippen molar-refractivity contribution in [3.8, 4) is 6.19 Å². The second kappa shape index (κ2) is 6.01. The molecule has 19 heavy (non-hydrogen) atoms. The zero-order valence-corrected chi connectivity index (χ0v) is 10.9. The molecule has 1 aromatic carbocycles. The first-order chi connectivity index (χ1) is 9.26. The number of hydrogen-bond acceptors (Lipinski definition) is 3. The number of hydrogen-bond donors (Lipinski definition) is 0. The number of nitrogens with zero attached hydrogens (tertiary/aromatic N) is 4. The van der Waals surface area contributed by atoms with Crippen LogP contribution in [-0.4, -0.2) is 47.7 Å². The molecule has 1 heterocycles. The first-order valence-electron chi connectivity index (χ1n) is 6.24. The van der Waals surface area contributed by atoms with Gasteiger partial charge in [0.25, 0.3) is 0 Å². The Morgan fingerprint density at radius 3 is 2.74 bits per heavy atom. The molecule has 1 saturated heterocycles. The average molecular weight is 256 g/mol. The molecule has 0 aromatic heterocycles. The van der Waals surface area contributed by atoms with Crippen LogP contribution in [0.5, 0.6) is 0 Å².